The van der Waals surface area contributed by atoms with Crippen LogP contribution in [0.25, 0.3) is 6.08 Å². The van der Waals surface area contributed by atoms with E-state index in [2.05, 4.69) is 6.92 Å². The van der Waals surface area contributed by atoms with Crippen molar-refractivity contribution in [3.05, 3.63) is 65.1 Å². The maximum absolute atomic E-state index is 12.6. The molecule has 1 heterocycles. The lowest BCUT2D eigenvalue weighted by molar-refractivity contribution is -0.113. The molecule has 5 heteroatoms. The molecule has 0 spiro atoms. The van der Waals surface area contributed by atoms with Gasteiger partial charge in [0.25, 0.3) is 11.1 Å². The van der Waals surface area contributed by atoms with Crippen LogP contribution in [0.15, 0.2) is 59.5 Å². The molecule has 0 aliphatic carbocycles. The number of amides is 2. The fourth-order valence-corrected chi connectivity index (χ4v) is 3.99. The van der Waals surface area contributed by atoms with Crippen LogP contribution in [0.2, 0.25) is 0 Å². The fraction of sp³-hybridized carbons (Fsp3) is 0.333. The van der Waals surface area contributed by atoms with Gasteiger partial charge < -0.3 is 4.74 Å². The topological polar surface area (TPSA) is 46.6 Å². The normalized spacial score (nSPS) is 15.3. The van der Waals surface area contributed by atoms with Crippen LogP contribution in [0, 0.1) is 0 Å². The van der Waals surface area contributed by atoms with Gasteiger partial charge in [-0.15, -0.1) is 0 Å². The van der Waals surface area contributed by atoms with Gasteiger partial charge in [-0.3, -0.25) is 9.59 Å². The van der Waals surface area contributed by atoms with Crippen LogP contribution in [-0.2, 0) is 4.79 Å². The van der Waals surface area contributed by atoms with Crippen LogP contribution < -0.4 is 9.64 Å². The number of rotatable bonds is 10. The van der Waals surface area contributed by atoms with Crippen LogP contribution in [0.4, 0.5) is 10.5 Å². The van der Waals surface area contributed by atoms with Crippen molar-refractivity contribution in [2.45, 2.75) is 45.4 Å². The smallest absolute Gasteiger partial charge is 0.298 e. The van der Waals surface area contributed by atoms with Crippen molar-refractivity contribution < 1.29 is 14.3 Å². The number of carbonyl (C=O) groups excluding carboxylic acids is 2. The summed E-state index contributed by atoms with van der Waals surface area (Å²) in [7, 11) is 0. The minimum absolute atomic E-state index is 0.272. The largest absolute Gasteiger partial charge is 0.494 e. The molecule has 2 aromatic carbocycles. The predicted molar refractivity (Wildman–Crippen MR) is 120 cm³/mol. The molecule has 0 radical (unpaired) electrons. The summed E-state index contributed by atoms with van der Waals surface area (Å²) in [6, 6.07) is 16.6. The van der Waals surface area contributed by atoms with Gasteiger partial charge in [0.15, 0.2) is 0 Å². The number of carbonyl (C=O) groups is 2. The van der Waals surface area contributed by atoms with E-state index in [9.17, 15) is 9.59 Å². The Morgan fingerprint density at radius 1 is 0.897 bits per heavy atom. The SMILES string of the molecule is CCCCCCCCOc1ccc(C=C2SC(=O)N(c3ccccc3)C2=O)cc1. The van der Waals surface area contributed by atoms with Gasteiger partial charge >= 0.3 is 0 Å². The van der Waals surface area contributed by atoms with Crippen molar-refractivity contribution in [3.8, 4) is 5.75 Å². The lowest BCUT2D eigenvalue weighted by Crippen LogP contribution is -2.27. The molecule has 152 valence electrons. The molecule has 1 aliphatic heterocycles. The van der Waals surface area contributed by atoms with Gasteiger partial charge in [0.2, 0.25) is 0 Å². The van der Waals surface area contributed by atoms with E-state index >= 15 is 0 Å². The second-order valence-electron chi connectivity index (χ2n) is 7.04. The highest BCUT2D eigenvalue weighted by Crippen LogP contribution is 2.35. The quantitative estimate of drug-likeness (QED) is 0.325. The Morgan fingerprint density at radius 2 is 1.59 bits per heavy atom. The molecule has 1 aliphatic rings. The average Bonchev–Trinajstić information content (AvgIpc) is 3.02. The Balaban J connectivity index is 1.53. The van der Waals surface area contributed by atoms with Gasteiger partial charge in [-0.1, -0.05) is 69.4 Å². The number of imide groups is 1. The third kappa shape index (κ3) is 5.97. The molecule has 2 amide bonds. The molecule has 2 aromatic rings. The predicted octanol–water partition coefficient (Wildman–Crippen LogP) is 6.67. The number of para-hydroxylation sites is 1. The van der Waals surface area contributed by atoms with E-state index in [0.717, 1.165) is 36.1 Å². The van der Waals surface area contributed by atoms with E-state index in [1.807, 2.05) is 42.5 Å². The summed E-state index contributed by atoms with van der Waals surface area (Å²) in [5.74, 6) is 0.544. The highest BCUT2D eigenvalue weighted by atomic mass is 32.2. The molecule has 1 saturated heterocycles. The molecule has 0 unspecified atom stereocenters. The zero-order valence-electron chi connectivity index (χ0n) is 16.8. The van der Waals surface area contributed by atoms with Gasteiger partial charge in [-0.25, -0.2) is 4.90 Å². The van der Waals surface area contributed by atoms with Crippen LogP contribution in [-0.4, -0.2) is 17.8 Å². The molecule has 29 heavy (non-hydrogen) atoms. The van der Waals surface area contributed by atoms with Crippen LogP contribution in [0.3, 0.4) is 0 Å². The lowest BCUT2D eigenvalue weighted by Gasteiger charge is -2.11. The Morgan fingerprint density at radius 3 is 2.31 bits per heavy atom. The van der Waals surface area contributed by atoms with Crippen molar-refractivity contribution in [3.63, 3.8) is 0 Å². The number of anilines is 1. The summed E-state index contributed by atoms with van der Waals surface area (Å²) in [5.41, 5.74) is 1.47. The summed E-state index contributed by atoms with van der Waals surface area (Å²) >= 11 is 0.968. The first-order chi connectivity index (χ1) is 14.2. The van der Waals surface area contributed by atoms with E-state index in [1.165, 1.54) is 37.0 Å². The van der Waals surface area contributed by atoms with E-state index in [0.29, 0.717) is 10.6 Å². The standard InChI is InChI=1S/C24H27NO3S/c1-2-3-4-5-6-10-17-28-21-15-13-19(14-16-21)18-22-23(26)25(24(27)29-22)20-11-8-7-9-12-20/h7-9,11-16,18H,2-6,10,17H2,1H3. The first-order valence-corrected chi connectivity index (χ1v) is 11.1. The zero-order chi connectivity index (χ0) is 20.5. The van der Waals surface area contributed by atoms with Crippen molar-refractivity contribution >= 4 is 34.7 Å². The molecule has 0 atom stereocenters. The maximum atomic E-state index is 12.6. The molecular weight excluding hydrogens is 382 g/mol. The highest BCUT2D eigenvalue weighted by molar-refractivity contribution is 8.19. The number of hydrogen-bond acceptors (Lipinski definition) is 4. The van der Waals surface area contributed by atoms with Gasteiger partial charge in [-0.05, 0) is 54.1 Å². The number of unbranched alkanes of at least 4 members (excludes halogenated alkanes) is 5. The second kappa shape index (κ2) is 10.9. The van der Waals surface area contributed by atoms with E-state index in [-0.39, 0.29) is 11.1 Å². The minimum atomic E-state index is -0.283. The number of benzene rings is 2. The maximum Gasteiger partial charge on any atom is 0.298 e. The molecule has 0 saturated carbocycles. The molecular formula is C24H27NO3S. The number of nitrogens with zero attached hydrogens (tertiary/aromatic N) is 1. The van der Waals surface area contributed by atoms with E-state index in [1.54, 1.807) is 18.2 Å². The minimum Gasteiger partial charge on any atom is -0.494 e. The monoisotopic (exact) mass is 409 g/mol. The molecule has 0 bridgehead atoms. The summed E-state index contributed by atoms with van der Waals surface area (Å²) in [6.07, 6.45) is 9.18. The van der Waals surface area contributed by atoms with Gasteiger partial charge in [0.1, 0.15) is 5.75 Å². The van der Waals surface area contributed by atoms with Crippen molar-refractivity contribution in [2.24, 2.45) is 0 Å². The third-order valence-electron chi connectivity index (χ3n) is 4.75. The van der Waals surface area contributed by atoms with Crippen molar-refractivity contribution in [2.75, 3.05) is 11.5 Å². The molecule has 0 N–H and O–H groups in total. The molecule has 1 fully saturated rings. The summed E-state index contributed by atoms with van der Waals surface area (Å²) in [4.78, 5) is 26.6. The fourth-order valence-electron chi connectivity index (χ4n) is 3.15. The number of thioether (sulfide) groups is 1. The Hall–Kier alpha value is -2.53. The van der Waals surface area contributed by atoms with Crippen LogP contribution >= 0.6 is 11.8 Å². The summed E-state index contributed by atoms with van der Waals surface area (Å²) in [5, 5.41) is -0.272. The zero-order valence-corrected chi connectivity index (χ0v) is 17.6. The molecule has 3 rings (SSSR count). The van der Waals surface area contributed by atoms with Gasteiger partial charge in [0, 0.05) is 0 Å². The van der Waals surface area contributed by atoms with Gasteiger partial charge in [-0.2, -0.15) is 0 Å². The summed E-state index contributed by atoms with van der Waals surface area (Å²) < 4.78 is 5.80. The average molecular weight is 410 g/mol. The first kappa shape index (κ1) is 21.2. The number of ether oxygens (including phenoxy) is 1. The van der Waals surface area contributed by atoms with Crippen LogP contribution in [0.5, 0.6) is 5.75 Å². The van der Waals surface area contributed by atoms with Crippen molar-refractivity contribution in [1.29, 1.82) is 0 Å². The Bertz CT molecular complexity index is 846. The molecule has 4 nitrogen and oxygen atoms in total. The van der Waals surface area contributed by atoms with E-state index in [4.69, 9.17) is 4.74 Å². The third-order valence-corrected chi connectivity index (χ3v) is 5.62. The number of hydrogen-bond donors (Lipinski definition) is 0. The Labute approximate surface area is 176 Å². The second-order valence-corrected chi connectivity index (χ2v) is 8.03. The molecule has 0 aromatic heterocycles. The summed E-state index contributed by atoms with van der Waals surface area (Å²) in [6.45, 7) is 2.95. The Kier molecular flexibility index (Phi) is 7.94. The van der Waals surface area contributed by atoms with Crippen molar-refractivity contribution in [1.82, 2.24) is 0 Å². The van der Waals surface area contributed by atoms with E-state index < -0.39 is 0 Å². The first-order valence-electron chi connectivity index (χ1n) is 10.2. The lowest BCUT2D eigenvalue weighted by atomic mass is 10.1. The highest BCUT2D eigenvalue weighted by Gasteiger charge is 2.36. The van der Waals surface area contributed by atoms with Gasteiger partial charge in [0.05, 0.1) is 17.2 Å². The van der Waals surface area contributed by atoms with Crippen LogP contribution in [0.1, 0.15) is 51.0 Å².